The van der Waals surface area contributed by atoms with Crippen LogP contribution in [0.3, 0.4) is 0 Å². The Bertz CT molecular complexity index is 350. The van der Waals surface area contributed by atoms with Crippen LogP contribution in [-0.2, 0) is 0 Å². The fourth-order valence-electron chi connectivity index (χ4n) is 1.86. The molecule has 14 heavy (non-hydrogen) atoms. The summed E-state index contributed by atoms with van der Waals surface area (Å²) in [5.41, 5.74) is 4.76. The summed E-state index contributed by atoms with van der Waals surface area (Å²) in [6.07, 6.45) is 2.71. The molecule has 1 atom stereocenters. The molecule has 1 unspecified atom stereocenters. The quantitative estimate of drug-likeness (QED) is 0.679. The molecule has 0 nitrogen and oxygen atoms in total. The van der Waals surface area contributed by atoms with Gasteiger partial charge in [0.05, 0.1) is 0 Å². The molecule has 1 aliphatic rings. The van der Waals surface area contributed by atoms with Crippen LogP contribution in [0.4, 0.5) is 0 Å². The monoisotopic (exact) mass is 252 g/mol. The molecular formula is C13H17Br. The van der Waals surface area contributed by atoms with Crippen LogP contribution >= 0.6 is 15.9 Å². The van der Waals surface area contributed by atoms with Gasteiger partial charge in [0.25, 0.3) is 0 Å². The van der Waals surface area contributed by atoms with Gasteiger partial charge in [-0.05, 0) is 43.2 Å². The average molecular weight is 253 g/mol. The lowest BCUT2D eigenvalue weighted by Crippen LogP contribution is -2.05. The maximum Gasteiger partial charge on any atom is 0.0451 e. The first-order chi connectivity index (χ1) is 6.53. The minimum atomic E-state index is 0.512. The summed E-state index contributed by atoms with van der Waals surface area (Å²) < 4.78 is 0. The zero-order valence-electron chi connectivity index (χ0n) is 9.10. The summed E-state index contributed by atoms with van der Waals surface area (Å²) in [6.45, 7) is 6.74. The second kappa shape index (κ2) is 3.37. The van der Waals surface area contributed by atoms with Crippen molar-refractivity contribution in [1.29, 1.82) is 0 Å². The molecule has 0 bridgehead atoms. The number of hydrogen-bond acceptors (Lipinski definition) is 0. The van der Waals surface area contributed by atoms with Gasteiger partial charge in [0.2, 0.25) is 0 Å². The normalized spacial score (nSPS) is 20.6. The summed E-state index contributed by atoms with van der Waals surface area (Å²) in [7, 11) is 0. The van der Waals surface area contributed by atoms with Crippen LogP contribution in [0.5, 0.6) is 0 Å². The van der Waals surface area contributed by atoms with Crippen molar-refractivity contribution in [2.45, 2.75) is 38.4 Å². The van der Waals surface area contributed by atoms with Crippen LogP contribution in [0, 0.1) is 19.3 Å². The summed E-state index contributed by atoms with van der Waals surface area (Å²) in [4.78, 5) is 0.537. The topological polar surface area (TPSA) is 0 Å². The van der Waals surface area contributed by atoms with E-state index in [1.165, 1.54) is 29.5 Å². The van der Waals surface area contributed by atoms with Gasteiger partial charge >= 0.3 is 0 Å². The fourth-order valence-corrected chi connectivity index (χ4v) is 2.81. The van der Waals surface area contributed by atoms with E-state index in [9.17, 15) is 0 Å². The Balaban J connectivity index is 2.35. The van der Waals surface area contributed by atoms with Crippen LogP contribution in [0.15, 0.2) is 18.2 Å². The molecule has 0 aliphatic heterocycles. The van der Waals surface area contributed by atoms with Crippen molar-refractivity contribution in [2.75, 3.05) is 0 Å². The Morgan fingerprint density at radius 1 is 1.29 bits per heavy atom. The van der Waals surface area contributed by atoms with Gasteiger partial charge < -0.3 is 0 Å². The van der Waals surface area contributed by atoms with Crippen molar-refractivity contribution in [3.8, 4) is 0 Å². The Morgan fingerprint density at radius 2 is 1.93 bits per heavy atom. The van der Waals surface area contributed by atoms with Crippen molar-refractivity contribution in [2.24, 2.45) is 5.41 Å². The third kappa shape index (κ3) is 1.75. The van der Waals surface area contributed by atoms with Crippen molar-refractivity contribution < 1.29 is 0 Å². The smallest absolute Gasteiger partial charge is 0.0451 e. The Morgan fingerprint density at radius 3 is 2.50 bits per heavy atom. The molecule has 1 heteroatoms. The molecule has 0 saturated heterocycles. The predicted molar refractivity (Wildman–Crippen MR) is 64.9 cm³/mol. The van der Waals surface area contributed by atoms with E-state index in [4.69, 9.17) is 0 Å². The minimum absolute atomic E-state index is 0.512. The van der Waals surface area contributed by atoms with E-state index < -0.39 is 0 Å². The molecule has 1 saturated carbocycles. The van der Waals surface area contributed by atoms with Gasteiger partial charge in [-0.15, -0.1) is 0 Å². The number of rotatable bonds is 2. The van der Waals surface area contributed by atoms with E-state index >= 15 is 0 Å². The molecule has 0 heterocycles. The summed E-state index contributed by atoms with van der Waals surface area (Å²) in [5.74, 6) is 0. The third-order valence-electron chi connectivity index (χ3n) is 3.36. The molecule has 1 aromatic carbocycles. The lowest BCUT2D eigenvalue weighted by atomic mass is 9.94. The zero-order valence-corrected chi connectivity index (χ0v) is 10.7. The van der Waals surface area contributed by atoms with Gasteiger partial charge in [0, 0.05) is 4.83 Å². The number of benzene rings is 1. The van der Waals surface area contributed by atoms with E-state index in [-0.39, 0.29) is 0 Å². The first kappa shape index (κ1) is 10.2. The average Bonchev–Trinajstić information content (AvgIpc) is 2.88. The minimum Gasteiger partial charge on any atom is -0.0833 e. The second-order valence-electron chi connectivity index (χ2n) is 4.88. The third-order valence-corrected chi connectivity index (χ3v) is 4.96. The van der Waals surface area contributed by atoms with Crippen molar-refractivity contribution in [3.05, 3.63) is 34.9 Å². The summed E-state index contributed by atoms with van der Waals surface area (Å²) in [5, 5.41) is 0. The molecule has 1 aromatic rings. The molecule has 0 N–H and O–H groups in total. The zero-order chi connectivity index (χ0) is 10.3. The number of halogens is 1. The van der Waals surface area contributed by atoms with E-state index in [0.717, 1.165) is 0 Å². The first-order valence-electron chi connectivity index (χ1n) is 5.24. The maximum absolute atomic E-state index is 3.85. The van der Waals surface area contributed by atoms with Gasteiger partial charge in [-0.3, -0.25) is 0 Å². The highest BCUT2D eigenvalue weighted by atomic mass is 79.9. The van der Waals surface area contributed by atoms with E-state index in [1.54, 1.807) is 0 Å². The van der Waals surface area contributed by atoms with Crippen LogP contribution in [0.1, 0.15) is 41.3 Å². The molecule has 0 amide bonds. The number of alkyl halides is 1. The highest BCUT2D eigenvalue weighted by Gasteiger charge is 2.44. The predicted octanol–water partition coefficient (Wildman–Crippen LogP) is 4.54. The molecule has 0 aromatic heterocycles. The Hall–Kier alpha value is -0.300. The van der Waals surface area contributed by atoms with Gasteiger partial charge in [-0.25, -0.2) is 0 Å². The van der Waals surface area contributed by atoms with Crippen LogP contribution in [0.25, 0.3) is 0 Å². The molecule has 76 valence electrons. The molecule has 0 radical (unpaired) electrons. The van der Waals surface area contributed by atoms with Crippen LogP contribution < -0.4 is 0 Å². The van der Waals surface area contributed by atoms with Gasteiger partial charge in [-0.1, -0.05) is 46.6 Å². The highest BCUT2D eigenvalue weighted by Crippen LogP contribution is 2.58. The lowest BCUT2D eigenvalue weighted by molar-refractivity contribution is 0.563. The summed E-state index contributed by atoms with van der Waals surface area (Å²) in [6, 6.07) is 6.73. The van der Waals surface area contributed by atoms with Gasteiger partial charge in [0.15, 0.2) is 0 Å². The van der Waals surface area contributed by atoms with E-state index in [2.05, 4.69) is 54.9 Å². The van der Waals surface area contributed by atoms with E-state index in [1.807, 2.05) is 0 Å². The molecule has 1 fully saturated rings. The largest absolute Gasteiger partial charge is 0.0833 e. The first-order valence-corrected chi connectivity index (χ1v) is 6.16. The van der Waals surface area contributed by atoms with Gasteiger partial charge in [0.1, 0.15) is 0 Å². The second-order valence-corrected chi connectivity index (χ2v) is 5.79. The molecule has 0 spiro atoms. The maximum atomic E-state index is 3.85. The lowest BCUT2D eigenvalue weighted by Gasteiger charge is -2.19. The molecule has 2 rings (SSSR count). The number of aryl methyl sites for hydroxylation is 2. The molecular weight excluding hydrogens is 236 g/mol. The van der Waals surface area contributed by atoms with Crippen LogP contribution in [-0.4, -0.2) is 0 Å². The SMILES string of the molecule is Cc1ccc(C)c(C(Br)C2(C)CC2)c1. The van der Waals surface area contributed by atoms with Crippen molar-refractivity contribution in [3.63, 3.8) is 0 Å². The highest BCUT2D eigenvalue weighted by molar-refractivity contribution is 9.09. The van der Waals surface area contributed by atoms with Crippen molar-refractivity contribution in [1.82, 2.24) is 0 Å². The van der Waals surface area contributed by atoms with Crippen LogP contribution in [0.2, 0.25) is 0 Å². The van der Waals surface area contributed by atoms with E-state index in [0.29, 0.717) is 10.2 Å². The standard InChI is InChI=1S/C13H17Br/c1-9-4-5-10(2)11(8-9)12(14)13(3)6-7-13/h4-5,8,12H,6-7H2,1-3H3. The fraction of sp³-hybridized carbons (Fsp3) is 0.538. The Kier molecular flexibility index (Phi) is 2.46. The Labute approximate surface area is 94.8 Å². The van der Waals surface area contributed by atoms with Gasteiger partial charge in [-0.2, -0.15) is 0 Å². The number of hydrogen-bond donors (Lipinski definition) is 0. The summed E-state index contributed by atoms with van der Waals surface area (Å²) >= 11 is 3.85. The van der Waals surface area contributed by atoms with Crippen molar-refractivity contribution >= 4 is 15.9 Å². The molecule has 1 aliphatic carbocycles.